The Kier molecular flexibility index (Phi) is 8.61. The van der Waals surface area contributed by atoms with Crippen LogP contribution in [0.4, 0.5) is 11.5 Å². The number of benzene rings is 3. The van der Waals surface area contributed by atoms with Gasteiger partial charge in [0.1, 0.15) is 11.6 Å². The van der Waals surface area contributed by atoms with E-state index in [1.165, 1.54) is 5.56 Å². The number of aromatic nitrogens is 1. The summed E-state index contributed by atoms with van der Waals surface area (Å²) in [6.45, 7) is 8.69. The highest BCUT2D eigenvalue weighted by Crippen LogP contribution is 2.34. The van der Waals surface area contributed by atoms with Gasteiger partial charge in [-0.15, -0.1) is 0 Å². The molecule has 0 saturated carbocycles. The highest BCUT2D eigenvalue weighted by atomic mass is 16.5. The molecule has 0 atom stereocenters. The molecule has 1 aliphatic heterocycles. The fraction of sp³-hybridized carbons (Fsp3) is 0.265. The quantitative estimate of drug-likeness (QED) is 0.279. The predicted molar refractivity (Wildman–Crippen MR) is 163 cm³/mol. The van der Waals surface area contributed by atoms with Crippen molar-refractivity contribution in [3.63, 3.8) is 0 Å². The van der Waals surface area contributed by atoms with Gasteiger partial charge in [-0.05, 0) is 59.0 Å². The highest BCUT2D eigenvalue weighted by molar-refractivity contribution is 6.09. The number of carbonyl (C=O) groups is 1. The Morgan fingerprint density at radius 2 is 1.76 bits per heavy atom. The van der Waals surface area contributed by atoms with Crippen molar-refractivity contribution in [3.05, 3.63) is 107 Å². The third-order valence-corrected chi connectivity index (χ3v) is 7.52. The standard InChI is InChI=1S/C34H35N5O2/c1-24(2)27-10-12-28(13-11-27)33-30(8-5-9-31(33)41-3)34(40)37-29-14-15-32(36-22-29)39-18-16-38(17-19-39)23-26-7-4-6-25(20-26)21-35/h4-15,20,22,24H,16-19,23H2,1-3H3,(H,37,40). The monoisotopic (exact) mass is 545 g/mol. The minimum absolute atomic E-state index is 0.213. The lowest BCUT2D eigenvalue weighted by Crippen LogP contribution is -2.46. The van der Waals surface area contributed by atoms with Gasteiger partial charge in [0.25, 0.3) is 5.91 Å². The molecule has 1 fully saturated rings. The molecule has 0 spiro atoms. The van der Waals surface area contributed by atoms with Gasteiger partial charge in [0.15, 0.2) is 0 Å². The first kappa shape index (κ1) is 27.9. The lowest BCUT2D eigenvalue weighted by atomic mass is 9.95. The third kappa shape index (κ3) is 6.56. The van der Waals surface area contributed by atoms with Crippen LogP contribution in [0.1, 0.15) is 46.8 Å². The molecule has 5 rings (SSSR count). The van der Waals surface area contributed by atoms with Crippen LogP contribution < -0.4 is 15.0 Å². The molecular formula is C34H35N5O2. The molecular weight excluding hydrogens is 510 g/mol. The second kappa shape index (κ2) is 12.7. The van der Waals surface area contributed by atoms with Gasteiger partial charge in [0.2, 0.25) is 0 Å². The first-order chi connectivity index (χ1) is 19.9. The van der Waals surface area contributed by atoms with Crippen LogP contribution in [0.5, 0.6) is 5.75 Å². The Bertz CT molecular complexity index is 1530. The van der Waals surface area contributed by atoms with Crippen molar-refractivity contribution in [3.8, 4) is 22.9 Å². The van der Waals surface area contributed by atoms with E-state index in [1.54, 1.807) is 13.3 Å². The van der Waals surface area contributed by atoms with Crippen LogP contribution in [-0.4, -0.2) is 49.1 Å². The van der Waals surface area contributed by atoms with E-state index in [1.807, 2.05) is 60.7 Å². The Morgan fingerprint density at radius 1 is 1.00 bits per heavy atom. The zero-order valence-electron chi connectivity index (χ0n) is 23.8. The minimum atomic E-state index is -0.213. The number of carbonyl (C=O) groups excluding carboxylic acids is 1. The highest BCUT2D eigenvalue weighted by Gasteiger charge is 2.20. The molecule has 4 aromatic rings. The summed E-state index contributed by atoms with van der Waals surface area (Å²) in [6, 6.07) is 27.7. The van der Waals surface area contributed by atoms with Gasteiger partial charge in [-0.3, -0.25) is 9.69 Å². The first-order valence-corrected chi connectivity index (χ1v) is 14.0. The zero-order chi connectivity index (χ0) is 28.8. The number of ether oxygens (including phenoxy) is 1. The van der Waals surface area contributed by atoms with Crippen LogP contribution in [0.3, 0.4) is 0 Å². The second-order valence-electron chi connectivity index (χ2n) is 10.6. The summed E-state index contributed by atoms with van der Waals surface area (Å²) >= 11 is 0. The first-order valence-electron chi connectivity index (χ1n) is 14.0. The van der Waals surface area contributed by atoms with Crippen LogP contribution in [0.25, 0.3) is 11.1 Å². The predicted octanol–water partition coefficient (Wildman–Crippen LogP) is 6.33. The van der Waals surface area contributed by atoms with E-state index >= 15 is 0 Å². The summed E-state index contributed by atoms with van der Waals surface area (Å²) in [6.07, 6.45) is 1.71. The smallest absolute Gasteiger partial charge is 0.256 e. The van der Waals surface area contributed by atoms with Gasteiger partial charge in [-0.25, -0.2) is 4.98 Å². The van der Waals surface area contributed by atoms with Crippen molar-refractivity contribution >= 4 is 17.4 Å². The molecule has 208 valence electrons. The zero-order valence-corrected chi connectivity index (χ0v) is 23.8. The average molecular weight is 546 g/mol. The maximum Gasteiger partial charge on any atom is 0.256 e. The van der Waals surface area contributed by atoms with E-state index in [-0.39, 0.29) is 5.91 Å². The number of methoxy groups -OCH3 is 1. The number of nitriles is 1. The fourth-order valence-corrected chi connectivity index (χ4v) is 5.20. The molecule has 1 saturated heterocycles. The van der Waals surface area contributed by atoms with Crippen LogP contribution >= 0.6 is 0 Å². The van der Waals surface area contributed by atoms with Crippen molar-refractivity contribution in [1.29, 1.82) is 5.26 Å². The molecule has 0 bridgehead atoms. The van der Waals surface area contributed by atoms with Gasteiger partial charge >= 0.3 is 0 Å². The minimum Gasteiger partial charge on any atom is -0.496 e. The van der Waals surface area contributed by atoms with Gasteiger partial charge in [-0.1, -0.05) is 56.3 Å². The molecule has 0 unspecified atom stereocenters. The average Bonchev–Trinajstić information content (AvgIpc) is 3.01. The number of pyridine rings is 1. The van der Waals surface area contributed by atoms with Crippen LogP contribution in [-0.2, 0) is 6.54 Å². The van der Waals surface area contributed by atoms with Crippen LogP contribution in [0.15, 0.2) is 85.1 Å². The van der Waals surface area contributed by atoms with Gasteiger partial charge in [0.05, 0.1) is 36.2 Å². The topological polar surface area (TPSA) is 81.5 Å². The number of hydrogen-bond acceptors (Lipinski definition) is 6. The summed E-state index contributed by atoms with van der Waals surface area (Å²) < 4.78 is 5.64. The number of nitrogens with zero attached hydrogens (tertiary/aromatic N) is 4. The van der Waals surface area contributed by atoms with Crippen LogP contribution in [0.2, 0.25) is 0 Å². The van der Waals surface area contributed by atoms with Crippen LogP contribution in [0, 0.1) is 11.3 Å². The van der Waals surface area contributed by atoms with Crippen molar-refractivity contribution in [2.24, 2.45) is 0 Å². The molecule has 7 nitrogen and oxygen atoms in total. The number of rotatable bonds is 8. The maximum absolute atomic E-state index is 13.4. The summed E-state index contributed by atoms with van der Waals surface area (Å²) in [7, 11) is 1.62. The van der Waals surface area contributed by atoms with E-state index in [9.17, 15) is 4.79 Å². The lowest BCUT2D eigenvalue weighted by Gasteiger charge is -2.35. The molecule has 0 aliphatic carbocycles. The summed E-state index contributed by atoms with van der Waals surface area (Å²) in [5.74, 6) is 1.76. The molecule has 1 aromatic heterocycles. The summed E-state index contributed by atoms with van der Waals surface area (Å²) in [5.41, 5.74) is 5.98. The largest absolute Gasteiger partial charge is 0.496 e. The molecule has 41 heavy (non-hydrogen) atoms. The number of piperazine rings is 1. The number of nitrogens with one attached hydrogen (secondary N) is 1. The Balaban J connectivity index is 1.23. The van der Waals surface area contributed by atoms with E-state index in [4.69, 9.17) is 10.00 Å². The molecule has 3 aromatic carbocycles. The van der Waals surface area contributed by atoms with Crippen molar-refractivity contribution in [1.82, 2.24) is 9.88 Å². The van der Waals surface area contributed by atoms with E-state index in [0.717, 1.165) is 55.2 Å². The number of hydrogen-bond donors (Lipinski definition) is 1. The third-order valence-electron chi connectivity index (χ3n) is 7.52. The Morgan fingerprint density at radius 3 is 2.41 bits per heavy atom. The molecule has 1 amide bonds. The lowest BCUT2D eigenvalue weighted by molar-refractivity contribution is 0.102. The van der Waals surface area contributed by atoms with E-state index < -0.39 is 0 Å². The van der Waals surface area contributed by atoms with Crippen molar-refractivity contribution in [2.75, 3.05) is 43.5 Å². The summed E-state index contributed by atoms with van der Waals surface area (Å²) in [4.78, 5) is 22.7. The van der Waals surface area contributed by atoms with Gasteiger partial charge < -0.3 is 15.0 Å². The Hall–Kier alpha value is -4.67. The maximum atomic E-state index is 13.4. The van der Waals surface area contributed by atoms with E-state index in [0.29, 0.717) is 28.5 Å². The molecule has 0 radical (unpaired) electrons. The second-order valence-corrected chi connectivity index (χ2v) is 10.6. The Labute approximate surface area is 242 Å². The number of anilines is 2. The molecule has 1 aliphatic rings. The molecule has 2 heterocycles. The molecule has 7 heteroatoms. The van der Waals surface area contributed by atoms with E-state index in [2.05, 4.69) is 58.2 Å². The SMILES string of the molecule is COc1cccc(C(=O)Nc2ccc(N3CCN(Cc4cccc(C#N)c4)CC3)nc2)c1-c1ccc(C(C)C)cc1. The van der Waals surface area contributed by atoms with Gasteiger partial charge in [-0.2, -0.15) is 5.26 Å². The number of amides is 1. The summed E-state index contributed by atoms with van der Waals surface area (Å²) in [5, 5.41) is 12.2. The fourth-order valence-electron chi connectivity index (χ4n) is 5.20. The molecule has 1 N–H and O–H groups in total. The normalized spacial score (nSPS) is 13.6. The van der Waals surface area contributed by atoms with Crippen molar-refractivity contribution < 1.29 is 9.53 Å². The van der Waals surface area contributed by atoms with Gasteiger partial charge in [0, 0.05) is 38.3 Å². The van der Waals surface area contributed by atoms with Crippen molar-refractivity contribution in [2.45, 2.75) is 26.3 Å².